The molecule has 0 saturated carbocycles. The Bertz CT molecular complexity index is 395. The zero-order chi connectivity index (χ0) is 9.80. The molecule has 0 aliphatic carbocycles. The van der Waals surface area contributed by atoms with Gasteiger partial charge in [0.15, 0.2) is 6.29 Å². The molecule has 0 bridgehead atoms. The van der Waals surface area contributed by atoms with Crippen LogP contribution >= 0.6 is 11.8 Å². The van der Waals surface area contributed by atoms with E-state index in [1.807, 2.05) is 30.3 Å². The highest BCUT2D eigenvalue weighted by molar-refractivity contribution is 8.09. The Balaban J connectivity index is 2.26. The summed E-state index contributed by atoms with van der Waals surface area (Å²) in [6.45, 7) is 0. The van der Waals surface area contributed by atoms with E-state index >= 15 is 0 Å². The van der Waals surface area contributed by atoms with Crippen molar-refractivity contribution >= 4 is 28.7 Å². The van der Waals surface area contributed by atoms with Gasteiger partial charge in [-0.3, -0.25) is 9.79 Å². The van der Waals surface area contributed by atoms with Crippen molar-refractivity contribution in [3.05, 3.63) is 42.1 Å². The fraction of sp³-hybridized carbons (Fsp3) is 0.0909. The van der Waals surface area contributed by atoms with E-state index < -0.39 is 0 Å². The lowest BCUT2D eigenvalue weighted by Crippen LogP contribution is -2.05. The van der Waals surface area contributed by atoms with Crippen LogP contribution in [0.1, 0.15) is 5.56 Å². The first-order chi connectivity index (χ1) is 6.90. The summed E-state index contributed by atoms with van der Waals surface area (Å²) in [5.41, 5.74) is 1.76. The van der Waals surface area contributed by atoms with Gasteiger partial charge in [-0.1, -0.05) is 30.3 Å². The van der Waals surface area contributed by atoms with Gasteiger partial charge in [-0.05, 0) is 5.56 Å². The predicted molar refractivity (Wildman–Crippen MR) is 60.4 cm³/mol. The molecule has 1 heterocycles. The zero-order valence-corrected chi connectivity index (χ0v) is 8.33. The van der Waals surface area contributed by atoms with Crippen LogP contribution in [0.3, 0.4) is 0 Å². The van der Waals surface area contributed by atoms with E-state index in [1.54, 1.807) is 18.0 Å². The smallest absolute Gasteiger partial charge is 0.165 e. The van der Waals surface area contributed by atoms with Crippen molar-refractivity contribution in [2.45, 2.75) is 0 Å². The molecule has 0 amide bonds. The second-order valence-corrected chi connectivity index (χ2v) is 3.90. The minimum absolute atomic E-state index is 0.606. The third kappa shape index (κ3) is 1.93. The van der Waals surface area contributed by atoms with Crippen LogP contribution in [0, 0.1) is 0 Å². The number of nitrogens with zero attached hydrogens (tertiary/aromatic N) is 1. The topological polar surface area (TPSA) is 29.4 Å². The van der Waals surface area contributed by atoms with Gasteiger partial charge in [0.05, 0.1) is 5.71 Å². The number of benzene rings is 1. The monoisotopic (exact) mass is 203 g/mol. The Labute approximate surface area is 86.7 Å². The molecule has 1 aliphatic rings. The second-order valence-electron chi connectivity index (χ2n) is 2.89. The normalized spacial score (nSPS) is 15.7. The summed E-state index contributed by atoms with van der Waals surface area (Å²) in [6.07, 6.45) is 2.57. The molecule has 2 rings (SSSR count). The van der Waals surface area contributed by atoms with Crippen LogP contribution in [0.25, 0.3) is 4.91 Å². The average Bonchev–Trinajstić information content (AvgIpc) is 2.30. The summed E-state index contributed by atoms with van der Waals surface area (Å²) in [5, 5.41) is 0. The van der Waals surface area contributed by atoms with Crippen molar-refractivity contribution in [2.24, 2.45) is 4.99 Å². The van der Waals surface area contributed by atoms with Crippen LogP contribution in [0.4, 0.5) is 0 Å². The Hall–Kier alpha value is -1.35. The Kier molecular flexibility index (Phi) is 2.79. The third-order valence-corrected chi connectivity index (χ3v) is 3.01. The van der Waals surface area contributed by atoms with E-state index in [-0.39, 0.29) is 0 Å². The van der Waals surface area contributed by atoms with Crippen LogP contribution < -0.4 is 0 Å². The van der Waals surface area contributed by atoms with Crippen LogP contribution in [-0.4, -0.2) is 17.8 Å². The molecule has 0 spiro atoms. The van der Waals surface area contributed by atoms with Gasteiger partial charge in [-0.2, -0.15) is 0 Å². The highest BCUT2D eigenvalue weighted by atomic mass is 32.2. The Morgan fingerprint density at radius 3 is 2.64 bits per heavy atom. The van der Waals surface area contributed by atoms with Crippen LogP contribution in [-0.2, 0) is 4.79 Å². The highest BCUT2D eigenvalue weighted by Crippen LogP contribution is 2.29. The highest BCUT2D eigenvalue weighted by Gasteiger charge is 2.08. The summed E-state index contributed by atoms with van der Waals surface area (Å²) in [6, 6.07) is 10.1. The van der Waals surface area contributed by atoms with E-state index in [0.29, 0.717) is 11.5 Å². The molecule has 14 heavy (non-hydrogen) atoms. The first kappa shape index (κ1) is 9.21. The van der Waals surface area contributed by atoms with Gasteiger partial charge < -0.3 is 0 Å². The summed E-state index contributed by atoms with van der Waals surface area (Å²) in [5.74, 6) is 0.671. The molecule has 0 radical (unpaired) electrons. The number of rotatable bonds is 2. The van der Waals surface area contributed by atoms with Crippen molar-refractivity contribution < 1.29 is 4.79 Å². The molecule has 0 atom stereocenters. The molecule has 0 unspecified atom stereocenters. The van der Waals surface area contributed by atoms with Crippen LogP contribution in [0.5, 0.6) is 0 Å². The summed E-state index contributed by atoms with van der Waals surface area (Å²) < 4.78 is 0. The van der Waals surface area contributed by atoms with Crippen LogP contribution in [0.2, 0.25) is 0 Å². The van der Waals surface area contributed by atoms with Crippen molar-refractivity contribution in [3.63, 3.8) is 0 Å². The van der Waals surface area contributed by atoms with Crippen molar-refractivity contribution in [1.29, 1.82) is 0 Å². The minimum atomic E-state index is 0.606. The lowest BCUT2D eigenvalue weighted by atomic mass is 10.2. The number of aliphatic imine (C=N–C) groups is 1. The minimum Gasteiger partial charge on any atom is -0.296 e. The molecule has 0 aromatic heterocycles. The number of hydrogen-bond donors (Lipinski definition) is 0. The lowest BCUT2D eigenvalue weighted by molar-refractivity contribution is -0.102. The molecule has 70 valence electrons. The van der Waals surface area contributed by atoms with Crippen molar-refractivity contribution in [3.8, 4) is 0 Å². The predicted octanol–water partition coefficient (Wildman–Crippen LogP) is 2.37. The van der Waals surface area contributed by atoms with Crippen molar-refractivity contribution in [2.75, 3.05) is 5.75 Å². The largest absolute Gasteiger partial charge is 0.296 e. The SMILES string of the molecule is O=CC1=NC=C(c2ccccc2)SC1. The third-order valence-electron chi connectivity index (χ3n) is 1.92. The average molecular weight is 203 g/mol. The molecule has 0 N–H and O–H groups in total. The second kappa shape index (κ2) is 4.24. The molecule has 0 saturated heterocycles. The number of aldehydes is 1. The van der Waals surface area contributed by atoms with E-state index in [4.69, 9.17) is 0 Å². The molecule has 3 heteroatoms. The lowest BCUT2D eigenvalue weighted by Gasteiger charge is -2.09. The maximum absolute atomic E-state index is 10.4. The number of hydrogen-bond acceptors (Lipinski definition) is 3. The van der Waals surface area contributed by atoms with E-state index in [9.17, 15) is 4.79 Å². The molecular weight excluding hydrogens is 194 g/mol. The number of carbonyl (C=O) groups excluding carboxylic acids is 1. The fourth-order valence-corrected chi connectivity index (χ4v) is 2.07. The fourth-order valence-electron chi connectivity index (χ4n) is 1.19. The molecule has 1 aliphatic heterocycles. The van der Waals surface area contributed by atoms with E-state index in [1.165, 1.54) is 0 Å². The maximum atomic E-state index is 10.4. The Morgan fingerprint density at radius 1 is 1.29 bits per heavy atom. The molecule has 2 nitrogen and oxygen atoms in total. The number of carbonyl (C=O) groups is 1. The van der Waals surface area contributed by atoms with Crippen LogP contribution in [0.15, 0.2) is 41.5 Å². The first-order valence-corrected chi connectivity index (χ1v) is 5.29. The van der Waals surface area contributed by atoms with Gasteiger partial charge in [0.2, 0.25) is 0 Å². The van der Waals surface area contributed by atoms with Gasteiger partial charge in [-0.15, -0.1) is 11.8 Å². The van der Waals surface area contributed by atoms with Crippen molar-refractivity contribution in [1.82, 2.24) is 0 Å². The number of thioether (sulfide) groups is 1. The zero-order valence-electron chi connectivity index (χ0n) is 7.51. The summed E-state index contributed by atoms with van der Waals surface area (Å²) in [4.78, 5) is 15.6. The van der Waals surface area contributed by atoms with Gasteiger partial charge in [-0.25, -0.2) is 0 Å². The molecule has 1 aromatic rings. The molecule has 0 fully saturated rings. The molecular formula is C11H9NOS. The van der Waals surface area contributed by atoms with Gasteiger partial charge in [0.25, 0.3) is 0 Å². The summed E-state index contributed by atoms with van der Waals surface area (Å²) in [7, 11) is 0. The van der Waals surface area contributed by atoms with Gasteiger partial charge in [0.1, 0.15) is 0 Å². The molecule has 1 aromatic carbocycles. The maximum Gasteiger partial charge on any atom is 0.165 e. The van der Waals surface area contributed by atoms with Gasteiger partial charge in [0, 0.05) is 16.9 Å². The standard InChI is InChI=1S/C11H9NOS/c13-7-10-8-14-11(6-12-10)9-4-2-1-3-5-9/h1-7H,8H2. The van der Waals surface area contributed by atoms with E-state index in [0.717, 1.165) is 16.8 Å². The summed E-state index contributed by atoms with van der Waals surface area (Å²) >= 11 is 1.65. The first-order valence-electron chi connectivity index (χ1n) is 4.30. The van der Waals surface area contributed by atoms with E-state index in [2.05, 4.69) is 4.99 Å². The Morgan fingerprint density at radius 2 is 2.07 bits per heavy atom. The quantitative estimate of drug-likeness (QED) is 0.690. The van der Waals surface area contributed by atoms with Gasteiger partial charge >= 0.3 is 0 Å².